The molecule has 0 aromatic carbocycles. The molecule has 2 aliphatic rings. The van der Waals surface area contributed by atoms with Crippen LogP contribution in [0.2, 0.25) is 0 Å². The van der Waals surface area contributed by atoms with E-state index in [4.69, 9.17) is 40.0 Å². The highest BCUT2D eigenvalue weighted by Crippen LogP contribution is 2.26. The molecule has 3 N–H and O–H groups in total. The van der Waals surface area contributed by atoms with Crippen molar-refractivity contribution in [2.75, 3.05) is 14.2 Å². The molecule has 0 saturated heterocycles. The Morgan fingerprint density at radius 1 is 0.627 bits per heavy atom. The fourth-order valence-electron chi connectivity index (χ4n) is 8.55. The van der Waals surface area contributed by atoms with Crippen LogP contribution in [0.25, 0.3) is 0 Å². The minimum atomic E-state index is -0.749. The summed E-state index contributed by atoms with van der Waals surface area (Å²) in [6.45, 7) is 31.1. The Hall–Kier alpha value is -6.29. The first-order valence-corrected chi connectivity index (χ1v) is 29.2. The molecule has 83 heavy (non-hydrogen) atoms. The second-order valence-electron chi connectivity index (χ2n) is 23.5. The number of esters is 2. The number of ketones is 1. The van der Waals surface area contributed by atoms with Crippen LogP contribution in [-0.4, -0.2) is 98.4 Å². The number of hydrogen-bond acceptors (Lipinski definition) is 12. The topological polar surface area (TPSA) is 194 Å². The summed E-state index contributed by atoms with van der Waals surface area (Å²) in [6.07, 6.45) is 38.1. The van der Waals surface area contributed by atoms with Crippen molar-refractivity contribution in [3.63, 3.8) is 0 Å². The Bertz CT molecular complexity index is 2470. The first kappa shape index (κ1) is 74.7. The fraction of sp³-hybridized carbons (Fsp3) is 0.552. The highest BCUT2D eigenvalue weighted by molar-refractivity contribution is 6.29. The molecule has 0 radical (unpaired) electrons. The Kier molecular flexibility index (Phi) is 35.4. The molecule has 3 amide bonds. The van der Waals surface area contributed by atoms with Gasteiger partial charge in [-0.05, 0) is 110 Å². The van der Waals surface area contributed by atoms with E-state index in [2.05, 4.69) is 22.0 Å². The van der Waals surface area contributed by atoms with Gasteiger partial charge < -0.3 is 44.4 Å². The first-order chi connectivity index (χ1) is 38.9. The molecule has 15 nitrogen and oxygen atoms in total. The number of rotatable bonds is 31. The summed E-state index contributed by atoms with van der Waals surface area (Å²) in [4.78, 5) is 75.1. The van der Waals surface area contributed by atoms with Gasteiger partial charge in [-0.15, -0.1) is 0 Å². The Morgan fingerprint density at radius 3 is 1.46 bits per heavy atom. The average molecular weight is 1170 g/mol. The van der Waals surface area contributed by atoms with Crippen molar-refractivity contribution in [1.29, 1.82) is 0 Å². The lowest BCUT2D eigenvalue weighted by Gasteiger charge is -2.29. The largest absolute Gasteiger partial charge is 0.490 e. The van der Waals surface area contributed by atoms with E-state index < -0.39 is 34.9 Å². The normalized spacial score (nSPS) is 19.2. The van der Waals surface area contributed by atoms with E-state index in [0.717, 1.165) is 24.0 Å². The van der Waals surface area contributed by atoms with Gasteiger partial charge in [0.15, 0.2) is 17.3 Å². The maximum absolute atomic E-state index is 13.0. The minimum absolute atomic E-state index is 0.000864. The van der Waals surface area contributed by atoms with Gasteiger partial charge in [-0.1, -0.05) is 163 Å². The highest BCUT2D eigenvalue weighted by atomic mass is 35.5. The minimum Gasteiger partial charge on any atom is -0.490 e. The maximum Gasteiger partial charge on any atom is 0.373 e. The molecular formula is C67H100ClN3O12. The average Bonchev–Trinajstić information content (AvgIpc) is 3.40. The van der Waals surface area contributed by atoms with E-state index in [9.17, 15) is 28.8 Å². The number of cyclic esters (lactones) is 2. The maximum atomic E-state index is 13.0. The van der Waals surface area contributed by atoms with Gasteiger partial charge >= 0.3 is 11.9 Å². The van der Waals surface area contributed by atoms with E-state index in [1.807, 2.05) is 165 Å². The molecule has 0 saturated carbocycles. The fourth-order valence-corrected chi connectivity index (χ4v) is 8.63. The van der Waals surface area contributed by atoms with Gasteiger partial charge in [-0.2, -0.15) is 0 Å². The molecule has 0 bridgehead atoms. The monoisotopic (exact) mass is 1170 g/mol. The van der Waals surface area contributed by atoms with Crippen LogP contribution < -0.4 is 16.0 Å². The van der Waals surface area contributed by atoms with E-state index in [-0.39, 0.29) is 89.9 Å². The smallest absolute Gasteiger partial charge is 0.373 e. The summed E-state index contributed by atoms with van der Waals surface area (Å²) in [5, 5.41) is 9.19. The quantitative estimate of drug-likeness (QED) is 0.0258. The van der Waals surface area contributed by atoms with Crippen molar-refractivity contribution < 1.29 is 57.2 Å². The number of nitrogens with one attached hydrogen (secondary N) is 3. The van der Waals surface area contributed by atoms with E-state index >= 15 is 0 Å². The molecule has 0 aromatic rings. The Labute approximate surface area is 502 Å². The lowest BCUT2D eigenvalue weighted by Crippen LogP contribution is -2.52. The van der Waals surface area contributed by atoms with Crippen molar-refractivity contribution in [3.8, 4) is 0 Å². The number of Topliss-reactive ketones (excluding diaryl/α,β-unsaturated/α-hetero) is 1. The molecule has 2 rings (SSSR count). The van der Waals surface area contributed by atoms with Crippen LogP contribution in [0.15, 0.2) is 143 Å². The number of ether oxygens (including phenoxy) is 6. The van der Waals surface area contributed by atoms with E-state index in [1.54, 1.807) is 42.7 Å². The first-order valence-electron chi connectivity index (χ1n) is 28.9. The van der Waals surface area contributed by atoms with Crippen molar-refractivity contribution in [3.05, 3.63) is 143 Å². The predicted octanol–water partition coefficient (Wildman–Crippen LogP) is 13.1. The van der Waals surface area contributed by atoms with Crippen LogP contribution >= 0.6 is 11.6 Å². The molecule has 2 heterocycles. The van der Waals surface area contributed by atoms with Crippen LogP contribution in [-0.2, 0) is 57.2 Å². The number of allylic oxidation sites excluding steroid dienone is 11. The van der Waals surface area contributed by atoms with Crippen molar-refractivity contribution in [2.24, 2.45) is 22.7 Å². The van der Waals surface area contributed by atoms with Gasteiger partial charge in [0, 0.05) is 48.3 Å². The third kappa shape index (κ3) is 32.4. The zero-order chi connectivity index (χ0) is 62.9. The standard InChI is InChI=1S/C34H51NO6.C33H49ClN2O6/c1-10-11-17-27(40-24(2)3)18-13-14-19-28(36)32(34(6,7)8)35-31(37)20-15-12-16-25(4)23-26(5)29-21-22-30(39-9)33(38)41-29;1-22(2)41-26(17-16-25(5)34)14-12-20-35-31(38)30(33(6,7)8)36-29(37)15-11-10-13-23(3)21-24(4)27-18-19-28(40-9)32(39)42-27/h10-16,20,22-24,26-27,29,32H,17-19,21H2,1-9H3,(H,35,37);10-13,15-16,19-22,24,26-27,30H,14,17-18H2,1-9H3,(H,35,38)(H,36,37)/b11-10-,14-13-,16-12-,20-15-,25-23+;13-10-,15-11-,20-12-,23-21+,25-16+/t26-,27-,29-,32+;24-,26+,27-,30+/m00/s1. The number of hydrogen-bond donors (Lipinski definition) is 3. The van der Waals surface area contributed by atoms with Crippen LogP contribution in [0.5, 0.6) is 0 Å². The molecule has 16 heteroatoms. The number of methoxy groups -OCH3 is 2. The molecule has 0 aliphatic carbocycles. The van der Waals surface area contributed by atoms with Gasteiger partial charge in [-0.25, -0.2) is 9.59 Å². The van der Waals surface area contributed by atoms with Crippen LogP contribution in [0.3, 0.4) is 0 Å². The predicted molar refractivity (Wildman–Crippen MR) is 333 cm³/mol. The number of amides is 3. The summed E-state index contributed by atoms with van der Waals surface area (Å²) < 4.78 is 32.8. The van der Waals surface area contributed by atoms with E-state index in [1.165, 1.54) is 26.4 Å². The lowest BCUT2D eigenvalue weighted by molar-refractivity contribution is -0.152. The zero-order valence-corrected chi connectivity index (χ0v) is 53.7. The molecule has 0 unspecified atom stereocenters. The molecule has 8 atom stereocenters. The summed E-state index contributed by atoms with van der Waals surface area (Å²) in [5.41, 5.74) is 0.983. The third-order valence-electron chi connectivity index (χ3n) is 12.8. The van der Waals surface area contributed by atoms with Gasteiger partial charge in [-0.3, -0.25) is 19.2 Å². The van der Waals surface area contributed by atoms with Crippen molar-refractivity contribution >= 4 is 47.0 Å². The van der Waals surface area contributed by atoms with Gasteiger partial charge in [0.2, 0.25) is 17.7 Å². The Balaban J connectivity index is 0.000000830. The molecule has 0 spiro atoms. The number of halogens is 1. The van der Waals surface area contributed by atoms with Crippen LogP contribution in [0, 0.1) is 22.7 Å². The van der Waals surface area contributed by atoms with Gasteiger partial charge in [0.05, 0.1) is 44.7 Å². The summed E-state index contributed by atoms with van der Waals surface area (Å²) in [6, 6.07) is -1.37. The SMILES string of the molecule is C/C=C\C[C@@H](C/C=C\CC(=O)[C@@H](NC(=O)\C=C/C=C\C(C)=C\[C@H](C)[C@@H]1CC=C(OC)C(=O)O1)C(C)(C)C)OC(C)C.COC1=CC[C@@H]([C@@H](C)/C=C(C)/C=C\C=C/C(=O)N[C@H](C(=O)N/C=C\C[C@H](C/C=C(\C)Cl)OC(C)C)C(C)(C)C)OC1=O. The van der Waals surface area contributed by atoms with Gasteiger partial charge in [0.25, 0.3) is 0 Å². The number of carbonyl (C=O) groups is 6. The second kappa shape index (κ2) is 39.3. The zero-order valence-electron chi connectivity index (χ0n) is 53.0. The van der Waals surface area contributed by atoms with Gasteiger partial charge in [0.1, 0.15) is 18.2 Å². The molecule has 0 fully saturated rings. The summed E-state index contributed by atoms with van der Waals surface area (Å²) in [7, 11) is 2.90. The van der Waals surface area contributed by atoms with E-state index in [0.29, 0.717) is 30.7 Å². The highest BCUT2D eigenvalue weighted by Gasteiger charge is 2.33. The molecule has 2 aliphatic heterocycles. The lowest BCUT2D eigenvalue weighted by atomic mass is 9.83. The Morgan fingerprint density at radius 2 is 1.05 bits per heavy atom. The van der Waals surface area contributed by atoms with Crippen LogP contribution in [0.4, 0.5) is 0 Å². The second-order valence-corrected chi connectivity index (χ2v) is 24.1. The third-order valence-corrected chi connectivity index (χ3v) is 13.0. The summed E-state index contributed by atoms with van der Waals surface area (Å²) in [5.74, 6) is -1.46. The molecule has 462 valence electrons. The van der Waals surface area contributed by atoms with Crippen molar-refractivity contribution in [2.45, 2.75) is 204 Å². The molecule has 0 aromatic heterocycles. The van der Waals surface area contributed by atoms with Crippen molar-refractivity contribution in [1.82, 2.24) is 16.0 Å². The number of carbonyl (C=O) groups excluding carboxylic acids is 6. The summed E-state index contributed by atoms with van der Waals surface area (Å²) >= 11 is 5.96. The molecular weight excluding hydrogens is 1070 g/mol. The van der Waals surface area contributed by atoms with Crippen LogP contribution in [0.1, 0.15) is 156 Å².